The summed E-state index contributed by atoms with van der Waals surface area (Å²) in [7, 11) is 0. The zero-order valence-corrected chi connectivity index (χ0v) is 10.2. The van der Waals surface area contributed by atoms with Crippen LogP contribution >= 0.6 is 15.9 Å². The molecular formula is C11H8BrF3O2. The van der Waals surface area contributed by atoms with Gasteiger partial charge in [-0.1, -0.05) is 0 Å². The molecule has 17 heavy (non-hydrogen) atoms. The first-order valence-corrected chi connectivity index (χ1v) is 5.72. The zero-order valence-electron chi connectivity index (χ0n) is 8.57. The summed E-state index contributed by atoms with van der Waals surface area (Å²) in [6.07, 6.45) is 0.440. The summed E-state index contributed by atoms with van der Waals surface area (Å²) in [6.45, 7) is 0. The van der Waals surface area contributed by atoms with Gasteiger partial charge >= 0.3 is 5.97 Å². The number of halogens is 4. The Morgan fingerprint density at radius 2 is 1.94 bits per heavy atom. The molecule has 0 aliphatic heterocycles. The van der Waals surface area contributed by atoms with Crippen LogP contribution in [0.2, 0.25) is 0 Å². The van der Waals surface area contributed by atoms with E-state index in [1.165, 1.54) is 0 Å². The van der Waals surface area contributed by atoms with Gasteiger partial charge in [0.1, 0.15) is 17.5 Å². The van der Waals surface area contributed by atoms with E-state index in [0.717, 1.165) is 0 Å². The van der Waals surface area contributed by atoms with Crippen molar-refractivity contribution >= 4 is 21.9 Å². The van der Waals surface area contributed by atoms with Crippen LogP contribution in [0.1, 0.15) is 24.8 Å². The molecule has 1 N–H and O–H groups in total. The number of benzene rings is 1. The molecule has 0 atom stereocenters. The molecule has 0 aromatic heterocycles. The summed E-state index contributed by atoms with van der Waals surface area (Å²) in [5.74, 6) is -4.22. The van der Waals surface area contributed by atoms with Crippen molar-refractivity contribution in [3.05, 3.63) is 33.6 Å². The van der Waals surface area contributed by atoms with Gasteiger partial charge in [0, 0.05) is 17.0 Å². The Balaban J connectivity index is 2.53. The number of carbonyl (C=O) groups is 1. The van der Waals surface area contributed by atoms with Crippen LogP contribution in [-0.2, 0) is 10.2 Å². The highest BCUT2D eigenvalue weighted by Crippen LogP contribution is 2.53. The molecule has 0 radical (unpaired) electrons. The quantitative estimate of drug-likeness (QED) is 0.686. The van der Waals surface area contributed by atoms with Crippen molar-refractivity contribution in [2.24, 2.45) is 0 Å². The lowest BCUT2D eigenvalue weighted by Crippen LogP contribution is -2.17. The molecular weight excluding hydrogens is 301 g/mol. The highest BCUT2D eigenvalue weighted by atomic mass is 79.9. The maximum Gasteiger partial charge on any atom is 0.304 e. The van der Waals surface area contributed by atoms with E-state index in [4.69, 9.17) is 5.11 Å². The lowest BCUT2D eigenvalue weighted by atomic mass is 9.91. The highest BCUT2D eigenvalue weighted by Gasteiger charge is 2.50. The largest absolute Gasteiger partial charge is 0.481 e. The Hall–Kier alpha value is -1.04. The summed E-state index contributed by atoms with van der Waals surface area (Å²) in [5, 5.41) is 8.73. The van der Waals surface area contributed by atoms with Gasteiger partial charge in [0.05, 0.1) is 10.9 Å². The van der Waals surface area contributed by atoms with Crippen LogP contribution in [0.15, 0.2) is 10.5 Å². The number of hydrogen-bond acceptors (Lipinski definition) is 1. The monoisotopic (exact) mass is 308 g/mol. The van der Waals surface area contributed by atoms with Gasteiger partial charge in [-0.05, 0) is 28.8 Å². The topological polar surface area (TPSA) is 37.3 Å². The standard InChI is InChI=1S/C11H8BrF3O2/c12-9-6(14)3-5(13)8(10(9)15)11(1-2-11)4-7(16)17/h3H,1-2,4H2,(H,16,17). The third kappa shape index (κ3) is 2.06. The molecule has 2 rings (SSSR count). The molecule has 1 aromatic rings. The van der Waals surface area contributed by atoms with Crippen molar-refractivity contribution in [1.29, 1.82) is 0 Å². The maximum atomic E-state index is 13.8. The van der Waals surface area contributed by atoms with E-state index < -0.39 is 33.3 Å². The van der Waals surface area contributed by atoms with E-state index in [-0.39, 0.29) is 12.0 Å². The van der Waals surface area contributed by atoms with Gasteiger partial charge < -0.3 is 5.11 Å². The highest BCUT2D eigenvalue weighted by molar-refractivity contribution is 9.10. The van der Waals surface area contributed by atoms with Crippen LogP contribution in [0.3, 0.4) is 0 Å². The summed E-state index contributed by atoms with van der Waals surface area (Å²) >= 11 is 2.69. The smallest absolute Gasteiger partial charge is 0.304 e. The zero-order chi connectivity index (χ0) is 12.8. The van der Waals surface area contributed by atoms with Gasteiger partial charge in [0.15, 0.2) is 0 Å². The van der Waals surface area contributed by atoms with Gasteiger partial charge in [-0.3, -0.25) is 4.79 Å². The van der Waals surface area contributed by atoms with E-state index in [0.29, 0.717) is 18.9 Å². The van der Waals surface area contributed by atoms with Gasteiger partial charge in [0.25, 0.3) is 0 Å². The molecule has 0 saturated heterocycles. The predicted molar refractivity (Wildman–Crippen MR) is 57.2 cm³/mol. The van der Waals surface area contributed by atoms with Crippen LogP contribution < -0.4 is 0 Å². The van der Waals surface area contributed by atoms with Crippen LogP contribution in [0.4, 0.5) is 13.2 Å². The van der Waals surface area contributed by atoms with Crippen LogP contribution in [0, 0.1) is 17.5 Å². The minimum absolute atomic E-state index is 0.326. The van der Waals surface area contributed by atoms with Gasteiger partial charge in [-0.15, -0.1) is 0 Å². The van der Waals surface area contributed by atoms with E-state index in [2.05, 4.69) is 15.9 Å². The second-order valence-electron chi connectivity index (χ2n) is 4.19. The molecule has 1 aliphatic carbocycles. The van der Waals surface area contributed by atoms with E-state index in [1.54, 1.807) is 0 Å². The van der Waals surface area contributed by atoms with Crippen LogP contribution in [-0.4, -0.2) is 11.1 Å². The van der Waals surface area contributed by atoms with E-state index in [1.807, 2.05) is 0 Å². The van der Waals surface area contributed by atoms with Crippen molar-refractivity contribution in [1.82, 2.24) is 0 Å². The Morgan fingerprint density at radius 3 is 2.41 bits per heavy atom. The first-order valence-electron chi connectivity index (χ1n) is 4.93. The normalized spacial score (nSPS) is 16.9. The van der Waals surface area contributed by atoms with Crippen molar-refractivity contribution < 1.29 is 23.1 Å². The summed E-state index contributed by atoms with van der Waals surface area (Å²) in [5.41, 5.74) is -1.34. The third-order valence-electron chi connectivity index (χ3n) is 2.99. The third-order valence-corrected chi connectivity index (χ3v) is 3.71. The Morgan fingerprint density at radius 1 is 1.35 bits per heavy atom. The fraction of sp³-hybridized carbons (Fsp3) is 0.364. The van der Waals surface area contributed by atoms with Gasteiger partial charge in [-0.25, -0.2) is 13.2 Å². The van der Waals surface area contributed by atoms with Crippen LogP contribution in [0.25, 0.3) is 0 Å². The second-order valence-corrected chi connectivity index (χ2v) is 4.99. The molecule has 0 amide bonds. The number of aliphatic carboxylic acids is 1. The SMILES string of the molecule is O=C(O)CC1(c2c(F)cc(F)c(Br)c2F)CC1. The molecule has 0 spiro atoms. The molecule has 1 saturated carbocycles. The lowest BCUT2D eigenvalue weighted by molar-refractivity contribution is -0.137. The first kappa shape index (κ1) is 12.4. The predicted octanol–water partition coefficient (Wildman–Crippen LogP) is 3.37. The number of carboxylic acids is 1. The minimum Gasteiger partial charge on any atom is -0.481 e. The van der Waals surface area contributed by atoms with Gasteiger partial charge in [0.2, 0.25) is 0 Å². The minimum atomic E-state index is -1.12. The number of rotatable bonds is 3. The lowest BCUT2D eigenvalue weighted by Gasteiger charge is -2.16. The molecule has 0 bridgehead atoms. The van der Waals surface area contributed by atoms with Crippen molar-refractivity contribution in [3.63, 3.8) is 0 Å². The first-order chi connectivity index (χ1) is 7.87. The fourth-order valence-corrected chi connectivity index (χ4v) is 2.32. The fourth-order valence-electron chi connectivity index (χ4n) is 2.01. The molecule has 0 heterocycles. The van der Waals surface area contributed by atoms with Crippen molar-refractivity contribution in [2.45, 2.75) is 24.7 Å². The van der Waals surface area contributed by atoms with E-state index >= 15 is 0 Å². The summed E-state index contributed by atoms with van der Waals surface area (Å²) in [4.78, 5) is 10.7. The molecule has 1 aromatic carbocycles. The Labute approximate surface area is 104 Å². The number of hydrogen-bond donors (Lipinski definition) is 1. The molecule has 1 aliphatic rings. The van der Waals surface area contributed by atoms with Crippen molar-refractivity contribution in [2.75, 3.05) is 0 Å². The summed E-state index contributed by atoms with van der Waals surface area (Å²) in [6, 6.07) is 0.574. The van der Waals surface area contributed by atoms with Crippen molar-refractivity contribution in [3.8, 4) is 0 Å². The molecule has 1 fully saturated rings. The average Bonchev–Trinajstić information content (AvgIpc) is 2.94. The second kappa shape index (κ2) is 4.01. The molecule has 6 heteroatoms. The maximum absolute atomic E-state index is 13.8. The Kier molecular flexibility index (Phi) is 2.93. The average molecular weight is 309 g/mol. The van der Waals surface area contributed by atoms with E-state index in [9.17, 15) is 18.0 Å². The summed E-state index contributed by atoms with van der Waals surface area (Å²) < 4.78 is 40.0. The van der Waals surface area contributed by atoms with Crippen LogP contribution in [0.5, 0.6) is 0 Å². The number of carboxylic acid groups (broad SMARTS) is 1. The van der Waals surface area contributed by atoms with Gasteiger partial charge in [-0.2, -0.15) is 0 Å². The molecule has 92 valence electrons. The molecule has 0 unspecified atom stereocenters. The Bertz CT molecular complexity index is 498. The molecule has 2 nitrogen and oxygen atoms in total.